The first-order valence-corrected chi connectivity index (χ1v) is 6.96. The Bertz CT molecular complexity index is 795. The van der Waals surface area contributed by atoms with E-state index in [-0.39, 0.29) is 12.2 Å². The van der Waals surface area contributed by atoms with E-state index in [0.717, 1.165) is 5.69 Å². The number of hydrogen-bond donors (Lipinski definition) is 1. The van der Waals surface area contributed by atoms with Crippen LogP contribution in [0, 0.1) is 6.92 Å². The number of nitrogens with one attached hydrogen (secondary N) is 1. The van der Waals surface area contributed by atoms with E-state index in [4.69, 9.17) is 0 Å². The van der Waals surface area contributed by atoms with Crippen LogP contribution in [0.15, 0.2) is 23.1 Å². The van der Waals surface area contributed by atoms with Crippen molar-refractivity contribution in [2.24, 2.45) is 0 Å². The number of amides is 2. The van der Waals surface area contributed by atoms with Gasteiger partial charge < -0.3 is 9.30 Å². The Morgan fingerprint density at radius 1 is 1.32 bits per heavy atom. The van der Waals surface area contributed by atoms with Gasteiger partial charge in [0, 0.05) is 18.4 Å². The minimum atomic E-state index is -0.878. The number of carbonyl (C=O) groups excluding carboxylic acids is 2. The molecule has 0 fully saturated rings. The van der Waals surface area contributed by atoms with Crippen LogP contribution < -0.4 is 10.7 Å². The molecule has 2 amide bonds. The first-order chi connectivity index (χ1) is 10.5. The van der Waals surface area contributed by atoms with Crippen LogP contribution in [0.4, 0.5) is 4.79 Å². The molecule has 0 aliphatic carbocycles. The summed E-state index contributed by atoms with van der Waals surface area (Å²) in [4.78, 5) is 40.2. The van der Waals surface area contributed by atoms with Crippen LogP contribution in [0.3, 0.4) is 0 Å². The number of pyridine rings is 2. The molecule has 0 aliphatic rings. The lowest BCUT2D eigenvalue weighted by Gasteiger charge is -2.11. The molecular weight excluding hydrogens is 286 g/mol. The van der Waals surface area contributed by atoms with Crippen molar-refractivity contribution in [3.63, 3.8) is 0 Å². The summed E-state index contributed by atoms with van der Waals surface area (Å²) >= 11 is 0. The van der Waals surface area contributed by atoms with Gasteiger partial charge in [-0.05, 0) is 32.9 Å². The van der Waals surface area contributed by atoms with Crippen molar-refractivity contribution in [1.29, 1.82) is 0 Å². The SMILES string of the molecule is CCOC(=O)NC(=O)c1cn(CC)c2nc(C)ccc2c1=O. The summed E-state index contributed by atoms with van der Waals surface area (Å²) in [6, 6.07) is 3.34. The molecule has 7 nitrogen and oxygen atoms in total. The smallest absolute Gasteiger partial charge is 0.414 e. The minimum Gasteiger partial charge on any atom is -0.450 e. The fraction of sp³-hybridized carbons (Fsp3) is 0.333. The van der Waals surface area contributed by atoms with Crippen molar-refractivity contribution in [2.75, 3.05) is 6.61 Å². The number of rotatable bonds is 3. The topological polar surface area (TPSA) is 90.3 Å². The average Bonchev–Trinajstić information content (AvgIpc) is 2.47. The van der Waals surface area contributed by atoms with Gasteiger partial charge in [0.1, 0.15) is 11.2 Å². The molecule has 22 heavy (non-hydrogen) atoms. The Labute approximate surface area is 126 Å². The third-order valence-electron chi connectivity index (χ3n) is 3.14. The Hall–Kier alpha value is -2.70. The summed E-state index contributed by atoms with van der Waals surface area (Å²) < 4.78 is 6.34. The lowest BCUT2D eigenvalue weighted by Crippen LogP contribution is -2.35. The number of imide groups is 1. The zero-order valence-electron chi connectivity index (χ0n) is 12.7. The minimum absolute atomic E-state index is 0.118. The molecule has 0 atom stereocenters. The van der Waals surface area contributed by atoms with Gasteiger partial charge in [0.05, 0.1) is 12.0 Å². The molecule has 0 saturated heterocycles. The van der Waals surface area contributed by atoms with E-state index in [1.165, 1.54) is 6.20 Å². The molecule has 0 spiro atoms. The second kappa shape index (κ2) is 6.38. The summed E-state index contributed by atoms with van der Waals surface area (Å²) in [6.07, 6.45) is 0.531. The average molecular weight is 303 g/mol. The monoisotopic (exact) mass is 303 g/mol. The van der Waals surface area contributed by atoms with Crippen molar-refractivity contribution in [3.8, 4) is 0 Å². The van der Waals surface area contributed by atoms with Crippen molar-refractivity contribution < 1.29 is 14.3 Å². The Morgan fingerprint density at radius 2 is 2.05 bits per heavy atom. The molecule has 0 unspecified atom stereocenters. The third-order valence-corrected chi connectivity index (χ3v) is 3.14. The quantitative estimate of drug-likeness (QED) is 0.930. The van der Waals surface area contributed by atoms with E-state index < -0.39 is 17.4 Å². The van der Waals surface area contributed by atoms with Crippen molar-refractivity contribution in [3.05, 3.63) is 39.8 Å². The van der Waals surface area contributed by atoms with Crippen LogP contribution in [0.2, 0.25) is 0 Å². The van der Waals surface area contributed by atoms with E-state index in [9.17, 15) is 14.4 Å². The maximum absolute atomic E-state index is 12.4. The molecule has 0 aromatic carbocycles. The molecule has 2 aromatic rings. The number of alkyl carbamates (subject to hydrolysis) is 1. The third kappa shape index (κ3) is 2.98. The van der Waals surface area contributed by atoms with Gasteiger partial charge in [0.25, 0.3) is 5.91 Å². The highest BCUT2D eigenvalue weighted by atomic mass is 16.5. The molecular formula is C15H17N3O4. The number of nitrogens with zero attached hydrogens (tertiary/aromatic N) is 2. The van der Waals surface area contributed by atoms with Crippen LogP contribution >= 0.6 is 0 Å². The van der Waals surface area contributed by atoms with Crippen LogP contribution in [0.5, 0.6) is 0 Å². The van der Waals surface area contributed by atoms with Gasteiger partial charge >= 0.3 is 6.09 Å². The molecule has 1 N–H and O–H groups in total. The van der Waals surface area contributed by atoms with Crippen LogP contribution in [0.1, 0.15) is 29.9 Å². The number of carbonyl (C=O) groups is 2. The summed E-state index contributed by atoms with van der Waals surface area (Å²) in [5.41, 5.74) is 0.708. The number of ether oxygens (including phenoxy) is 1. The Morgan fingerprint density at radius 3 is 2.68 bits per heavy atom. The molecule has 2 rings (SSSR count). The van der Waals surface area contributed by atoms with E-state index in [1.54, 1.807) is 23.6 Å². The number of fused-ring (bicyclic) bond motifs is 1. The summed E-state index contributed by atoms with van der Waals surface area (Å²) in [5.74, 6) is -0.784. The molecule has 7 heteroatoms. The molecule has 0 radical (unpaired) electrons. The summed E-state index contributed by atoms with van der Waals surface area (Å²) in [7, 11) is 0. The van der Waals surface area contributed by atoms with Crippen LogP contribution in [-0.4, -0.2) is 28.2 Å². The van der Waals surface area contributed by atoms with E-state index in [0.29, 0.717) is 17.6 Å². The lowest BCUT2D eigenvalue weighted by molar-refractivity contribution is 0.0923. The Kier molecular flexibility index (Phi) is 4.55. The molecule has 0 saturated carbocycles. The molecule has 0 aliphatic heterocycles. The zero-order chi connectivity index (χ0) is 16.3. The predicted octanol–water partition coefficient (Wildman–Crippen LogP) is 1.61. The highest BCUT2D eigenvalue weighted by Gasteiger charge is 2.18. The van der Waals surface area contributed by atoms with Gasteiger partial charge in [-0.15, -0.1) is 0 Å². The lowest BCUT2D eigenvalue weighted by atomic mass is 10.1. The van der Waals surface area contributed by atoms with E-state index >= 15 is 0 Å². The van der Waals surface area contributed by atoms with Crippen molar-refractivity contribution in [2.45, 2.75) is 27.3 Å². The van der Waals surface area contributed by atoms with Gasteiger partial charge in [-0.2, -0.15) is 0 Å². The van der Waals surface area contributed by atoms with Gasteiger partial charge in [0.15, 0.2) is 0 Å². The number of aromatic nitrogens is 2. The normalized spacial score (nSPS) is 10.5. The van der Waals surface area contributed by atoms with Crippen molar-refractivity contribution in [1.82, 2.24) is 14.9 Å². The molecule has 116 valence electrons. The first-order valence-electron chi connectivity index (χ1n) is 6.96. The maximum Gasteiger partial charge on any atom is 0.414 e. The zero-order valence-corrected chi connectivity index (χ0v) is 12.7. The van der Waals surface area contributed by atoms with Crippen molar-refractivity contribution >= 4 is 23.0 Å². The standard InChI is InChI=1S/C15H17N3O4/c1-4-18-8-11(14(20)17-15(21)22-5-2)12(19)10-7-6-9(3)16-13(10)18/h6-8H,4-5H2,1-3H3,(H,17,20,21). The van der Waals surface area contributed by atoms with E-state index in [2.05, 4.69) is 9.72 Å². The molecule has 2 heterocycles. The predicted molar refractivity (Wildman–Crippen MR) is 80.9 cm³/mol. The highest BCUT2D eigenvalue weighted by molar-refractivity contribution is 6.04. The fourth-order valence-corrected chi connectivity index (χ4v) is 2.09. The van der Waals surface area contributed by atoms with Gasteiger partial charge in [-0.25, -0.2) is 9.78 Å². The second-order valence-corrected chi connectivity index (χ2v) is 4.66. The van der Waals surface area contributed by atoms with E-state index in [1.807, 2.05) is 19.2 Å². The summed E-state index contributed by atoms with van der Waals surface area (Å²) in [6.45, 7) is 6.00. The van der Waals surface area contributed by atoms with Crippen LogP contribution in [0.25, 0.3) is 11.0 Å². The Balaban J connectivity index is 2.53. The number of aryl methyl sites for hydroxylation is 2. The maximum atomic E-state index is 12.4. The molecule has 0 bridgehead atoms. The highest BCUT2D eigenvalue weighted by Crippen LogP contribution is 2.11. The molecule has 2 aromatic heterocycles. The van der Waals surface area contributed by atoms with Gasteiger partial charge in [-0.3, -0.25) is 14.9 Å². The first kappa shape index (κ1) is 15.7. The second-order valence-electron chi connectivity index (χ2n) is 4.66. The fourth-order valence-electron chi connectivity index (χ4n) is 2.09. The van der Waals surface area contributed by atoms with Gasteiger partial charge in [0.2, 0.25) is 5.43 Å². The summed E-state index contributed by atoms with van der Waals surface area (Å²) in [5, 5.41) is 2.37. The number of hydrogen-bond acceptors (Lipinski definition) is 5. The largest absolute Gasteiger partial charge is 0.450 e. The van der Waals surface area contributed by atoms with Crippen LogP contribution in [-0.2, 0) is 11.3 Å². The van der Waals surface area contributed by atoms with Gasteiger partial charge in [-0.1, -0.05) is 0 Å².